The minimum atomic E-state index is -0.242. The Balaban J connectivity index is 1.47. The number of carbonyl (C=O) groups is 1. The van der Waals surface area contributed by atoms with Crippen LogP contribution in [0.2, 0.25) is 0 Å². The van der Waals surface area contributed by atoms with Crippen molar-refractivity contribution in [3.8, 4) is 0 Å². The Labute approximate surface area is 143 Å². The maximum atomic E-state index is 12.8. The molecule has 1 aromatic carbocycles. The molecule has 3 rings (SSSR count). The number of hydrogen-bond donors (Lipinski definition) is 1. The molecule has 122 valence electrons. The number of aromatic nitrogens is 1. The number of halogens is 1. The molecule has 0 aliphatic heterocycles. The molecule has 1 aliphatic carbocycles. The van der Waals surface area contributed by atoms with Gasteiger partial charge in [0.2, 0.25) is 5.91 Å². The predicted molar refractivity (Wildman–Crippen MR) is 93.7 cm³/mol. The van der Waals surface area contributed by atoms with E-state index in [9.17, 15) is 9.18 Å². The lowest BCUT2D eigenvalue weighted by Crippen LogP contribution is -2.12. The first-order valence-corrected chi connectivity index (χ1v) is 9.57. The number of carbonyl (C=O) groups excluding carboxylic acids is 1. The second kappa shape index (κ2) is 7.45. The number of anilines is 1. The Morgan fingerprint density at radius 2 is 2.22 bits per heavy atom. The van der Waals surface area contributed by atoms with E-state index in [0.717, 1.165) is 28.6 Å². The van der Waals surface area contributed by atoms with Gasteiger partial charge in [0.25, 0.3) is 0 Å². The molecule has 0 bridgehead atoms. The lowest BCUT2D eigenvalue weighted by Gasteiger charge is -2.15. The van der Waals surface area contributed by atoms with Crippen LogP contribution >= 0.6 is 23.1 Å². The van der Waals surface area contributed by atoms with Crippen molar-refractivity contribution in [2.75, 3.05) is 11.1 Å². The SMILES string of the molecule is C[C@H]1CCc2nc(NC(=O)CCSc3ccc(F)cc3)sc2C1. The second-order valence-electron chi connectivity index (χ2n) is 5.84. The van der Waals surface area contributed by atoms with Crippen LogP contribution in [0.25, 0.3) is 0 Å². The van der Waals surface area contributed by atoms with Crippen LogP contribution in [0.3, 0.4) is 0 Å². The van der Waals surface area contributed by atoms with Gasteiger partial charge in [-0.05, 0) is 49.4 Å². The molecule has 0 radical (unpaired) electrons. The van der Waals surface area contributed by atoms with E-state index >= 15 is 0 Å². The maximum Gasteiger partial charge on any atom is 0.226 e. The monoisotopic (exact) mass is 350 g/mol. The summed E-state index contributed by atoms with van der Waals surface area (Å²) in [6.45, 7) is 2.26. The first-order chi connectivity index (χ1) is 11.1. The van der Waals surface area contributed by atoms with Gasteiger partial charge in [-0.3, -0.25) is 4.79 Å². The zero-order valence-electron chi connectivity index (χ0n) is 13.0. The highest BCUT2D eigenvalue weighted by atomic mass is 32.2. The van der Waals surface area contributed by atoms with E-state index in [1.165, 1.54) is 23.4 Å². The number of nitrogens with one attached hydrogen (secondary N) is 1. The Hall–Kier alpha value is -1.40. The molecule has 0 fully saturated rings. The summed E-state index contributed by atoms with van der Waals surface area (Å²) in [4.78, 5) is 18.8. The Kier molecular flexibility index (Phi) is 5.33. The first-order valence-electron chi connectivity index (χ1n) is 7.77. The molecule has 1 N–H and O–H groups in total. The van der Waals surface area contributed by atoms with Crippen molar-refractivity contribution >= 4 is 34.1 Å². The number of benzene rings is 1. The molecule has 0 saturated heterocycles. The fraction of sp³-hybridized carbons (Fsp3) is 0.412. The molecular weight excluding hydrogens is 331 g/mol. The fourth-order valence-corrected chi connectivity index (χ4v) is 4.61. The van der Waals surface area contributed by atoms with Crippen molar-refractivity contribution in [1.82, 2.24) is 4.98 Å². The molecule has 2 aromatic rings. The fourth-order valence-electron chi connectivity index (χ4n) is 2.57. The molecule has 0 unspecified atom stereocenters. The van der Waals surface area contributed by atoms with E-state index in [1.807, 2.05) is 0 Å². The molecule has 1 amide bonds. The molecular formula is C17H19FN2OS2. The van der Waals surface area contributed by atoms with E-state index in [1.54, 1.807) is 35.2 Å². The molecule has 1 atom stereocenters. The normalized spacial score (nSPS) is 16.9. The van der Waals surface area contributed by atoms with Gasteiger partial charge >= 0.3 is 0 Å². The molecule has 1 aliphatic rings. The predicted octanol–water partition coefficient (Wildman–Crippen LogP) is 4.53. The average molecular weight is 350 g/mol. The van der Waals surface area contributed by atoms with Gasteiger partial charge in [0.15, 0.2) is 5.13 Å². The molecule has 6 heteroatoms. The van der Waals surface area contributed by atoms with Gasteiger partial charge < -0.3 is 5.32 Å². The molecule has 0 spiro atoms. The third kappa shape index (κ3) is 4.54. The van der Waals surface area contributed by atoms with Crippen LogP contribution in [0.4, 0.5) is 9.52 Å². The number of nitrogens with zero attached hydrogens (tertiary/aromatic N) is 1. The molecule has 23 heavy (non-hydrogen) atoms. The van der Waals surface area contributed by atoms with Gasteiger partial charge in [-0.25, -0.2) is 9.37 Å². The van der Waals surface area contributed by atoms with Crippen LogP contribution in [0, 0.1) is 11.7 Å². The lowest BCUT2D eigenvalue weighted by molar-refractivity contribution is -0.115. The van der Waals surface area contributed by atoms with Gasteiger partial charge in [0, 0.05) is 21.9 Å². The number of aryl methyl sites for hydroxylation is 1. The van der Waals surface area contributed by atoms with E-state index in [-0.39, 0.29) is 11.7 Å². The van der Waals surface area contributed by atoms with Crippen molar-refractivity contribution in [3.63, 3.8) is 0 Å². The summed E-state index contributed by atoms with van der Waals surface area (Å²) in [6.07, 6.45) is 3.69. The zero-order chi connectivity index (χ0) is 16.2. The van der Waals surface area contributed by atoms with Crippen molar-refractivity contribution in [3.05, 3.63) is 40.7 Å². The standard InChI is InChI=1S/C17H19FN2OS2/c1-11-2-7-14-15(10-11)23-17(19-14)20-16(21)8-9-22-13-5-3-12(18)4-6-13/h3-6,11H,2,7-10H2,1H3,(H,19,20,21)/t11-/m0/s1. The summed E-state index contributed by atoms with van der Waals surface area (Å²) < 4.78 is 12.8. The third-order valence-electron chi connectivity index (χ3n) is 3.84. The van der Waals surface area contributed by atoms with Crippen molar-refractivity contribution < 1.29 is 9.18 Å². The van der Waals surface area contributed by atoms with Crippen LogP contribution in [-0.2, 0) is 17.6 Å². The highest BCUT2D eigenvalue weighted by molar-refractivity contribution is 7.99. The molecule has 1 heterocycles. The topological polar surface area (TPSA) is 42.0 Å². The summed E-state index contributed by atoms with van der Waals surface area (Å²) in [5.74, 6) is 1.12. The summed E-state index contributed by atoms with van der Waals surface area (Å²) in [6, 6.07) is 6.33. The first kappa shape index (κ1) is 16.5. The molecule has 0 saturated carbocycles. The van der Waals surface area contributed by atoms with Crippen LogP contribution in [-0.4, -0.2) is 16.6 Å². The summed E-state index contributed by atoms with van der Waals surface area (Å²) in [5.41, 5.74) is 1.16. The lowest BCUT2D eigenvalue weighted by atomic mass is 9.93. The number of amides is 1. The molecule has 3 nitrogen and oxygen atoms in total. The van der Waals surface area contributed by atoms with Gasteiger partial charge in [0.05, 0.1) is 5.69 Å². The highest BCUT2D eigenvalue weighted by Gasteiger charge is 2.20. The average Bonchev–Trinajstić information content (AvgIpc) is 2.90. The van der Waals surface area contributed by atoms with Crippen LogP contribution in [0.5, 0.6) is 0 Å². The highest BCUT2D eigenvalue weighted by Crippen LogP contribution is 2.32. The van der Waals surface area contributed by atoms with Crippen molar-refractivity contribution in [2.24, 2.45) is 5.92 Å². The largest absolute Gasteiger partial charge is 0.302 e. The minimum absolute atomic E-state index is 0.0150. The minimum Gasteiger partial charge on any atom is -0.302 e. The Morgan fingerprint density at radius 3 is 3.00 bits per heavy atom. The molecule has 1 aromatic heterocycles. The van der Waals surface area contributed by atoms with E-state index in [2.05, 4.69) is 17.2 Å². The second-order valence-corrected chi connectivity index (χ2v) is 8.09. The number of thiazole rings is 1. The van der Waals surface area contributed by atoms with Gasteiger partial charge in [-0.15, -0.1) is 23.1 Å². The van der Waals surface area contributed by atoms with Crippen molar-refractivity contribution in [2.45, 2.75) is 37.5 Å². The van der Waals surface area contributed by atoms with E-state index < -0.39 is 0 Å². The van der Waals surface area contributed by atoms with Gasteiger partial charge in [0.1, 0.15) is 5.82 Å². The Morgan fingerprint density at radius 1 is 1.43 bits per heavy atom. The number of fused-ring (bicyclic) bond motifs is 1. The van der Waals surface area contributed by atoms with Crippen molar-refractivity contribution in [1.29, 1.82) is 0 Å². The summed E-state index contributed by atoms with van der Waals surface area (Å²) >= 11 is 3.16. The van der Waals surface area contributed by atoms with E-state index in [4.69, 9.17) is 0 Å². The van der Waals surface area contributed by atoms with Gasteiger partial charge in [-0.2, -0.15) is 0 Å². The van der Waals surface area contributed by atoms with Crippen LogP contribution in [0.1, 0.15) is 30.3 Å². The quantitative estimate of drug-likeness (QED) is 0.806. The maximum absolute atomic E-state index is 12.8. The smallest absolute Gasteiger partial charge is 0.226 e. The van der Waals surface area contributed by atoms with Crippen LogP contribution < -0.4 is 5.32 Å². The third-order valence-corrected chi connectivity index (χ3v) is 5.89. The zero-order valence-corrected chi connectivity index (χ0v) is 14.6. The number of thioether (sulfide) groups is 1. The Bertz CT molecular complexity index is 684. The number of hydrogen-bond acceptors (Lipinski definition) is 4. The van der Waals surface area contributed by atoms with Crippen LogP contribution in [0.15, 0.2) is 29.2 Å². The van der Waals surface area contributed by atoms with E-state index in [0.29, 0.717) is 18.1 Å². The summed E-state index contributed by atoms with van der Waals surface area (Å²) in [7, 11) is 0. The summed E-state index contributed by atoms with van der Waals surface area (Å²) in [5, 5.41) is 3.63. The number of rotatable bonds is 5. The van der Waals surface area contributed by atoms with Gasteiger partial charge in [-0.1, -0.05) is 6.92 Å².